The second-order valence-corrected chi connectivity index (χ2v) is 4.72. The molecule has 1 rings (SSSR count). The number of rotatable bonds is 10. The molecule has 1 aromatic rings. The quantitative estimate of drug-likeness (QED) is 0.653. The lowest BCUT2D eigenvalue weighted by Crippen LogP contribution is -2.89. The summed E-state index contributed by atoms with van der Waals surface area (Å²) in [7, 11) is 3.22. The minimum absolute atomic E-state index is 0.471. The average molecular weight is 284 g/mol. The van der Waals surface area contributed by atoms with E-state index >= 15 is 0 Å². The first-order chi connectivity index (χ1) is 9.69. The van der Waals surface area contributed by atoms with Crippen LogP contribution in [0.5, 0.6) is 17.2 Å². The van der Waals surface area contributed by atoms with E-state index < -0.39 is 0 Å². The van der Waals surface area contributed by atoms with Crippen molar-refractivity contribution in [3.8, 4) is 17.2 Å². The molecule has 0 aliphatic heterocycles. The lowest BCUT2D eigenvalue weighted by atomic mass is 10.3. The second kappa shape index (κ2) is 9.44. The van der Waals surface area contributed by atoms with Gasteiger partial charge in [-0.25, -0.2) is 0 Å². The van der Waals surface area contributed by atoms with Gasteiger partial charge < -0.3 is 24.3 Å². The van der Waals surface area contributed by atoms with Crippen LogP contribution in [0.25, 0.3) is 0 Å². The van der Waals surface area contributed by atoms with Crippen molar-refractivity contribution in [2.24, 2.45) is 0 Å². The van der Waals surface area contributed by atoms with E-state index in [-0.39, 0.29) is 0 Å². The fourth-order valence-electron chi connectivity index (χ4n) is 1.75. The molecule has 0 fully saturated rings. The summed E-state index contributed by atoms with van der Waals surface area (Å²) in [6.45, 7) is 7.04. The summed E-state index contributed by atoms with van der Waals surface area (Å²) in [6.07, 6.45) is 0. The molecule has 0 spiro atoms. The average Bonchev–Trinajstić information content (AvgIpc) is 2.45. The van der Waals surface area contributed by atoms with E-state index in [0.717, 1.165) is 13.2 Å². The number of hydrogen-bond donors (Lipinski definition) is 1. The van der Waals surface area contributed by atoms with Crippen molar-refractivity contribution in [1.82, 2.24) is 0 Å². The molecule has 0 amide bonds. The summed E-state index contributed by atoms with van der Waals surface area (Å²) >= 11 is 0. The van der Waals surface area contributed by atoms with Gasteiger partial charge in [0.15, 0.2) is 11.5 Å². The first-order valence-electron chi connectivity index (χ1n) is 6.94. The SMILES string of the molecule is COc1cccc(OC)c1OCCOCC[NH2+]C(C)C. The fraction of sp³-hybridized carbons (Fsp3) is 0.600. The predicted molar refractivity (Wildman–Crippen MR) is 77.8 cm³/mol. The van der Waals surface area contributed by atoms with Crippen molar-refractivity contribution in [1.29, 1.82) is 0 Å². The van der Waals surface area contributed by atoms with Gasteiger partial charge in [-0.05, 0) is 26.0 Å². The maximum atomic E-state index is 5.69. The van der Waals surface area contributed by atoms with Crippen LogP contribution in [0.4, 0.5) is 0 Å². The minimum Gasteiger partial charge on any atom is -0.493 e. The molecule has 0 aliphatic rings. The van der Waals surface area contributed by atoms with Gasteiger partial charge in [-0.15, -0.1) is 0 Å². The molecule has 0 aromatic heterocycles. The Labute approximate surface area is 121 Å². The summed E-state index contributed by atoms with van der Waals surface area (Å²) in [5.74, 6) is 1.95. The van der Waals surface area contributed by atoms with Gasteiger partial charge in [0, 0.05) is 0 Å². The van der Waals surface area contributed by atoms with Crippen LogP contribution in [0.2, 0.25) is 0 Å². The molecular weight excluding hydrogens is 258 g/mol. The van der Waals surface area contributed by atoms with E-state index in [0.29, 0.717) is 36.5 Å². The highest BCUT2D eigenvalue weighted by molar-refractivity contribution is 5.51. The Hall–Kier alpha value is -1.46. The van der Waals surface area contributed by atoms with Gasteiger partial charge >= 0.3 is 0 Å². The molecule has 0 heterocycles. The van der Waals surface area contributed by atoms with E-state index in [1.807, 2.05) is 18.2 Å². The summed E-state index contributed by atoms with van der Waals surface area (Å²) in [6, 6.07) is 6.16. The van der Waals surface area contributed by atoms with E-state index in [9.17, 15) is 0 Å². The number of benzene rings is 1. The molecule has 114 valence electrons. The smallest absolute Gasteiger partial charge is 0.203 e. The summed E-state index contributed by atoms with van der Waals surface area (Å²) in [4.78, 5) is 0. The molecule has 5 nitrogen and oxygen atoms in total. The Morgan fingerprint density at radius 2 is 1.65 bits per heavy atom. The number of nitrogens with two attached hydrogens (primary N) is 1. The minimum atomic E-state index is 0.471. The van der Waals surface area contributed by atoms with Crippen LogP contribution in [-0.2, 0) is 4.74 Å². The van der Waals surface area contributed by atoms with Gasteiger partial charge in [0.25, 0.3) is 0 Å². The topological polar surface area (TPSA) is 53.5 Å². The normalized spacial score (nSPS) is 10.7. The van der Waals surface area contributed by atoms with Gasteiger partial charge in [-0.1, -0.05) is 6.07 Å². The van der Waals surface area contributed by atoms with Crippen molar-refractivity contribution < 1.29 is 24.3 Å². The molecule has 20 heavy (non-hydrogen) atoms. The molecular formula is C15H26NO4+. The van der Waals surface area contributed by atoms with Crippen molar-refractivity contribution >= 4 is 0 Å². The Morgan fingerprint density at radius 3 is 2.20 bits per heavy atom. The van der Waals surface area contributed by atoms with Crippen LogP contribution in [-0.4, -0.2) is 46.6 Å². The van der Waals surface area contributed by atoms with Gasteiger partial charge in [-0.2, -0.15) is 0 Å². The van der Waals surface area contributed by atoms with E-state index in [1.165, 1.54) is 0 Å². The van der Waals surface area contributed by atoms with E-state index in [1.54, 1.807) is 14.2 Å². The second-order valence-electron chi connectivity index (χ2n) is 4.72. The first-order valence-corrected chi connectivity index (χ1v) is 6.94. The third kappa shape index (κ3) is 5.67. The molecule has 0 saturated heterocycles. The first kappa shape index (κ1) is 16.6. The van der Waals surface area contributed by atoms with E-state index in [4.69, 9.17) is 18.9 Å². The van der Waals surface area contributed by atoms with Crippen molar-refractivity contribution in [3.63, 3.8) is 0 Å². The van der Waals surface area contributed by atoms with Crippen LogP contribution in [0.15, 0.2) is 18.2 Å². The lowest BCUT2D eigenvalue weighted by molar-refractivity contribution is -0.684. The van der Waals surface area contributed by atoms with Crippen LogP contribution in [0.1, 0.15) is 13.8 Å². The standard InChI is InChI=1S/C15H25NO4/c1-12(2)16-8-9-19-10-11-20-15-13(17-3)6-5-7-14(15)18-4/h5-7,12,16H,8-11H2,1-4H3/p+1. The van der Waals surface area contributed by atoms with Gasteiger partial charge in [-0.3, -0.25) is 0 Å². The molecule has 0 unspecified atom stereocenters. The van der Waals surface area contributed by atoms with Gasteiger partial charge in [0.2, 0.25) is 5.75 Å². The highest BCUT2D eigenvalue weighted by atomic mass is 16.6. The largest absolute Gasteiger partial charge is 0.493 e. The number of methoxy groups -OCH3 is 2. The van der Waals surface area contributed by atoms with Crippen LogP contribution < -0.4 is 19.5 Å². The third-order valence-electron chi connectivity index (χ3n) is 2.76. The van der Waals surface area contributed by atoms with Gasteiger partial charge in [0.05, 0.1) is 40.0 Å². The number of hydrogen-bond acceptors (Lipinski definition) is 4. The molecule has 1 aromatic carbocycles. The zero-order valence-electron chi connectivity index (χ0n) is 12.8. The maximum absolute atomic E-state index is 5.69. The predicted octanol–water partition coefficient (Wildman–Crippen LogP) is 1.07. The number of ether oxygens (including phenoxy) is 4. The summed E-state index contributed by atoms with van der Waals surface area (Å²) in [5, 5.41) is 2.24. The zero-order chi connectivity index (χ0) is 14.8. The molecule has 0 radical (unpaired) electrons. The lowest BCUT2D eigenvalue weighted by Gasteiger charge is -2.14. The monoisotopic (exact) mass is 284 g/mol. The maximum Gasteiger partial charge on any atom is 0.203 e. The number of para-hydroxylation sites is 1. The summed E-state index contributed by atoms with van der Waals surface area (Å²) in [5.41, 5.74) is 0. The molecule has 5 heteroatoms. The Bertz CT molecular complexity index is 360. The number of quaternary nitrogens is 1. The molecule has 0 aliphatic carbocycles. The van der Waals surface area contributed by atoms with E-state index in [2.05, 4.69) is 19.2 Å². The summed E-state index contributed by atoms with van der Waals surface area (Å²) < 4.78 is 21.7. The Balaban J connectivity index is 2.31. The fourth-order valence-corrected chi connectivity index (χ4v) is 1.75. The molecule has 0 atom stereocenters. The van der Waals surface area contributed by atoms with Crippen LogP contribution >= 0.6 is 0 Å². The molecule has 2 N–H and O–H groups in total. The molecule has 0 bridgehead atoms. The van der Waals surface area contributed by atoms with Gasteiger partial charge in [0.1, 0.15) is 6.61 Å². The Morgan fingerprint density at radius 1 is 1.00 bits per heavy atom. The Kier molecular flexibility index (Phi) is 7.84. The zero-order valence-corrected chi connectivity index (χ0v) is 12.8. The van der Waals surface area contributed by atoms with Crippen molar-refractivity contribution in [3.05, 3.63) is 18.2 Å². The van der Waals surface area contributed by atoms with Crippen LogP contribution in [0, 0.1) is 0 Å². The highest BCUT2D eigenvalue weighted by Gasteiger charge is 2.10. The molecule has 0 saturated carbocycles. The van der Waals surface area contributed by atoms with Crippen LogP contribution in [0.3, 0.4) is 0 Å². The highest BCUT2D eigenvalue weighted by Crippen LogP contribution is 2.36. The third-order valence-corrected chi connectivity index (χ3v) is 2.76. The van der Waals surface area contributed by atoms with Crippen molar-refractivity contribution in [2.45, 2.75) is 19.9 Å². The van der Waals surface area contributed by atoms with Crippen molar-refractivity contribution in [2.75, 3.05) is 40.6 Å².